The van der Waals surface area contributed by atoms with Crippen LogP contribution in [0.5, 0.6) is 5.75 Å². The quantitative estimate of drug-likeness (QED) is 0.674. The predicted molar refractivity (Wildman–Crippen MR) is 76.3 cm³/mol. The van der Waals surface area contributed by atoms with Crippen LogP contribution in [0.25, 0.3) is 0 Å². The van der Waals surface area contributed by atoms with E-state index in [2.05, 4.69) is 13.8 Å². The Bertz CT molecular complexity index is 407. The highest BCUT2D eigenvalue weighted by molar-refractivity contribution is 5.90. The second-order valence-electron chi connectivity index (χ2n) is 4.55. The fourth-order valence-electron chi connectivity index (χ4n) is 1.45. The van der Waals surface area contributed by atoms with Crippen LogP contribution in [0.1, 0.15) is 25.8 Å². The lowest BCUT2D eigenvalue weighted by Gasteiger charge is -2.04. The van der Waals surface area contributed by atoms with Gasteiger partial charge in [-0.3, -0.25) is 4.79 Å². The molecule has 1 aromatic carbocycles. The molecule has 104 valence electrons. The first-order valence-electron chi connectivity index (χ1n) is 6.57. The van der Waals surface area contributed by atoms with Gasteiger partial charge in [0.1, 0.15) is 12.4 Å². The van der Waals surface area contributed by atoms with E-state index in [4.69, 9.17) is 9.47 Å². The van der Waals surface area contributed by atoms with E-state index < -0.39 is 0 Å². The molecule has 3 nitrogen and oxygen atoms in total. The summed E-state index contributed by atoms with van der Waals surface area (Å²) in [5, 5.41) is 0. The van der Waals surface area contributed by atoms with Crippen LogP contribution >= 0.6 is 0 Å². The van der Waals surface area contributed by atoms with Crippen LogP contribution in [0, 0.1) is 5.92 Å². The number of ketones is 1. The molecular weight excluding hydrogens is 240 g/mol. The van der Waals surface area contributed by atoms with Gasteiger partial charge in [0, 0.05) is 0 Å². The van der Waals surface area contributed by atoms with Crippen molar-refractivity contribution in [2.75, 3.05) is 13.7 Å². The van der Waals surface area contributed by atoms with Gasteiger partial charge in [0.15, 0.2) is 5.78 Å². The number of carbonyl (C=O) groups excluding carboxylic acids is 1. The summed E-state index contributed by atoms with van der Waals surface area (Å²) in [5.74, 6) is 1.26. The molecule has 19 heavy (non-hydrogen) atoms. The standard InChI is InChI=1S/C16H22O3/c1-4-13(2)5-8-15(17)12-19-11-14-6-9-16(18-3)10-7-14/h5-10,13H,4,11-12H2,1-3H3/b8-5+/t13-/m1/s1. The van der Waals surface area contributed by atoms with Crippen LogP contribution in [0.4, 0.5) is 0 Å². The lowest BCUT2D eigenvalue weighted by Crippen LogP contribution is -2.06. The Kier molecular flexibility index (Phi) is 6.90. The van der Waals surface area contributed by atoms with Crippen molar-refractivity contribution in [2.45, 2.75) is 26.9 Å². The van der Waals surface area contributed by atoms with Crippen LogP contribution < -0.4 is 4.74 Å². The Balaban J connectivity index is 2.29. The monoisotopic (exact) mass is 262 g/mol. The summed E-state index contributed by atoms with van der Waals surface area (Å²) in [5.41, 5.74) is 1.03. The predicted octanol–water partition coefficient (Wildman–Crippen LogP) is 3.38. The van der Waals surface area contributed by atoms with E-state index in [1.54, 1.807) is 13.2 Å². The molecule has 0 spiro atoms. The number of rotatable bonds is 8. The van der Waals surface area contributed by atoms with E-state index in [0.29, 0.717) is 12.5 Å². The van der Waals surface area contributed by atoms with E-state index in [9.17, 15) is 4.79 Å². The molecule has 3 heteroatoms. The van der Waals surface area contributed by atoms with Crippen LogP contribution in [-0.4, -0.2) is 19.5 Å². The number of hydrogen-bond acceptors (Lipinski definition) is 3. The maximum Gasteiger partial charge on any atom is 0.180 e. The van der Waals surface area contributed by atoms with Crippen LogP contribution in [0.2, 0.25) is 0 Å². The fraction of sp³-hybridized carbons (Fsp3) is 0.438. The van der Waals surface area contributed by atoms with Gasteiger partial charge < -0.3 is 9.47 Å². The zero-order chi connectivity index (χ0) is 14.1. The van der Waals surface area contributed by atoms with E-state index in [-0.39, 0.29) is 12.4 Å². The Hall–Kier alpha value is -1.61. The van der Waals surface area contributed by atoms with Gasteiger partial charge in [-0.25, -0.2) is 0 Å². The van der Waals surface area contributed by atoms with E-state index in [0.717, 1.165) is 17.7 Å². The third kappa shape index (κ3) is 6.20. The van der Waals surface area contributed by atoms with Gasteiger partial charge in [-0.05, 0) is 29.7 Å². The molecular formula is C16H22O3. The number of hydrogen-bond donors (Lipinski definition) is 0. The molecule has 0 aliphatic heterocycles. The van der Waals surface area contributed by atoms with Crippen LogP contribution in [0.15, 0.2) is 36.4 Å². The summed E-state index contributed by atoms with van der Waals surface area (Å²) in [6, 6.07) is 7.61. The molecule has 0 aliphatic rings. The zero-order valence-corrected chi connectivity index (χ0v) is 11.9. The van der Waals surface area contributed by atoms with Gasteiger partial charge in [-0.1, -0.05) is 38.5 Å². The summed E-state index contributed by atoms with van der Waals surface area (Å²) < 4.78 is 10.5. The molecule has 1 aromatic rings. The zero-order valence-electron chi connectivity index (χ0n) is 11.9. The number of carbonyl (C=O) groups is 1. The molecule has 0 saturated heterocycles. The first-order chi connectivity index (χ1) is 9.15. The number of ether oxygens (including phenoxy) is 2. The van der Waals surface area contributed by atoms with Crippen molar-refractivity contribution in [1.29, 1.82) is 0 Å². The number of methoxy groups -OCH3 is 1. The van der Waals surface area contributed by atoms with Gasteiger partial charge in [-0.15, -0.1) is 0 Å². The highest BCUT2D eigenvalue weighted by Gasteiger charge is 2.00. The van der Waals surface area contributed by atoms with Crippen molar-refractivity contribution in [3.8, 4) is 5.75 Å². The van der Waals surface area contributed by atoms with Crippen molar-refractivity contribution in [1.82, 2.24) is 0 Å². The van der Waals surface area contributed by atoms with Gasteiger partial charge in [0.25, 0.3) is 0 Å². The first-order valence-corrected chi connectivity index (χ1v) is 6.57. The molecule has 0 heterocycles. The number of benzene rings is 1. The normalized spacial score (nSPS) is 12.6. The highest BCUT2D eigenvalue weighted by atomic mass is 16.5. The minimum Gasteiger partial charge on any atom is -0.497 e. The van der Waals surface area contributed by atoms with E-state index >= 15 is 0 Å². The molecule has 0 saturated carbocycles. The minimum absolute atomic E-state index is 0.00816. The first kappa shape index (κ1) is 15.4. The number of allylic oxidation sites excluding steroid dienone is 1. The smallest absolute Gasteiger partial charge is 0.180 e. The third-order valence-electron chi connectivity index (χ3n) is 2.93. The van der Waals surface area contributed by atoms with Gasteiger partial charge in [0.05, 0.1) is 13.7 Å². The highest BCUT2D eigenvalue weighted by Crippen LogP contribution is 2.11. The summed E-state index contributed by atoms with van der Waals surface area (Å²) in [4.78, 5) is 11.5. The molecule has 1 rings (SSSR count). The Labute approximate surface area is 115 Å². The minimum atomic E-state index is 0.00816. The molecule has 1 atom stereocenters. The lowest BCUT2D eigenvalue weighted by molar-refractivity contribution is -0.119. The van der Waals surface area contributed by atoms with Crippen molar-refractivity contribution in [3.05, 3.63) is 42.0 Å². The Morgan fingerprint density at radius 2 is 2.00 bits per heavy atom. The fourth-order valence-corrected chi connectivity index (χ4v) is 1.45. The van der Waals surface area contributed by atoms with E-state index in [1.807, 2.05) is 30.3 Å². The van der Waals surface area contributed by atoms with Gasteiger partial charge in [-0.2, -0.15) is 0 Å². The second-order valence-corrected chi connectivity index (χ2v) is 4.55. The van der Waals surface area contributed by atoms with Crippen molar-refractivity contribution >= 4 is 5.78 Å². The summed E-state index contributed by atoms with van der Waals surface area (Å²) in [7, 11) is 1.63. The molecule has 0 amide bonds. The average Bonchev–Trinajstić information content (AvgIpc) is 2.45. The Morgan fingerprint density at radius 3 is 2.58 bits per heavy atom. The van der Waals surface area contributed by atoms with Gasteiger partial charge in [0.2, 0.25) is 0 Å². The lowest BCUT2D eigenvalue weighted by atomic mass is 10.1. The largest absolute Gasteiger partial charge is 0.497 e. The molecule has 0 bridgehead atoms. The maximum absolute atomic E-state index is 11.5. The van der Waals surface area contributed by atoms with Crippen molar-refractivity contribution < 1.29 is 14.3 Å². The molecule has 0 unspecified atom stereocenters. The maximum atomic E-state index is 11.5. The van der Waals surface area contributed by atoms with Gasteiger partial charge >= 0.3 is 0 Å². The summed E-state index contributed by atoms with van der Waals surface area (Å²) in [6.07, 6.45) is 4.58. The van der Waals surface area contributed by atoms with Crippen molar-refractivity contribution in [3.63, 3.8) is 0 Å². The topological polar surface area (TPSA) is 35.5 Å². The molecule has 0 radical (unpaired) electrons. The second kappa shape index (κ2) is 8.48. The van der Waals surface area contributed by atoms with Crippen LogP contribution in [0.3, 0.4) is 0 Å². The summed E-state index contributed by atoms with van der Waals surface area (Å²) in [6.45, 7) is 4.74. The molecule has 0 N–H and O–H groups in total. The molecule has 0 aromatic heterocycles. The summed E-state index contributed by atoms with van der Waals surface area (Å²) >= 11 is 0. The van der Waals surface area contributed by atoms with Crippen LogP contribution in [-0.2, 0) is 16.1 Å². The SMILES string of the molecule is CC[C@@H](C)/C=C/C(=O)COCc1ccc(OC)cc1. The van der Waals surface area contributed by atoms with Crippen molar-refractivity contribution in [2.24, 2.45) is 5.92 Å². The Morgan fingerprint density at radius 1 is 1.32 bits per heavy atom. The molecule has 0 fully saturated rings. The molecule has 0 aliphatic carbocycles. The average molecular weight is 262 g/mol. The van der Waals surface area contributed by atoms with E-state index in [1.165, 1.54) is 0 Å². The third-order valence-corrected chi connectivity index (χ3v) is 2.93.